The topological polar surface area (TPSA) is 29.9 Å². The molecule has 1 N–H and O–H groups in total. The number of hydrogen-bond donors (Lipinski definition) is 1. The average molecular weight is 269 g/mol. The minimum absolute atomic E-state index is 0.458. The van der Waals surface area contributed by atoms with Gasteiger partial charge in [0.05, 0.1) is 11.9 Å². The lowest BCUT2D eigenvalue weighted by molar-refractivity contribution is 0.374. The molecular formula is C17H23N3. The monoisotopic (exact) mass is 269 g/mol. The predicted molar refractivity (Wildman–Crippen MR) is 81.9 cm³/mol. The first kappa shape index (κ1) is 13.4. The molecular weight excluding hydrogens is 246 g/mol. The van der Waals surface area contributed by atoms with E-state index >= 15 is 0 Å². The third-order valence-corrected chi connectivity index (χ3v) is 4.28. The number of para-hydroxylation sites is 1. The third kappa shape index (κ3) is 2.78. The number of nitrogens with zero attached hydrogens (tertiary/aromatic N) is 2. The lowest BCUT2D eigenvalue weighted by atomic mass is 9.93. The molecule has 0 radical (unpaired) electrons. The summed E-state index contributed by atoms with van der Waals surface area (Å²) in [6.07, 6.45) is 9.64. The van der Waals surface area contributed by atoms with Gasteiger partial charge >= 0.3 is 0 Å². The first-order valence-corrected chi connectivity index (χ1v) is 7.72. The van der Waals surface area contributed by atoms with E-state index in [1.807, 2.05) is 16.9 Å². The van der Waals surface area contributed by atoms with Crippen LogP contribution in [0.15, 0.2) is 42.7 Å². The molecule has 1 unspecified atom stereocenters. The van der Waals surface area contributed by atoms with Crippen LogP contribution in [0.1, 0.15) is 44.2 Å². The molecule has 1 aliphatic carbocycles. The lowest BCUT2D eigenvalue weighted by Gasteiger charge is -2.23. The van der Waals surface area contributed by atoms with E-state index in [0.717, 1.165) is 18.2 Å². The van der Waals surface area contributed by atoms with Crippen molar-refractivity contribution in [3.05, 3.63) is 48.3 Å². The molecule has 0 aliphatic heterocycles. The smallest absolute Gasteiger partial charge is 0.0645 e. The molecule has 3 rings (SSSR count). The Morgan fingerprint density at radius 3 is 2.70 bits per heavy atom. The molecule has 1 aromatic carbocycles. The van der Waals surface area contributed by atoms with E-state index < -0.39 is 0 Å². The van der Waals surface area contributed by atoms with Crippen LogP contribution in [0, 0.1) is 5.92 Å². The highest BCUT2D eigenvalue weighted by molar-refractivity contribution is 5.31. The van der Waals surface area contributed by atoms with Crippen LogP contribution in [0.3, 0.4) is 0 Å². The van der Waals surface area contributed by atoms with E-state index in [-0.39, 0.29) is 0 Å². The van der Waals surface area contributed by atoms with E-state index in [1.54, 1.807) is 0 Å². The molecule has 1 aromatic heterocycles. The van der Waals surface area contributed by atoms with Gasteiger partial charge < -0.3 is 5.32 Å². The van der Waals surface area contributed by atoms with E-state index in [2.05, 4.69) is 47.8 Å². The first-order chi connectivity index (χ1) is 9.88. The van der Waals surface area contributed by atoms with Crippen molar-refractivity contribution in [3.63, 3.8) is 0 Å². The van der Waals surface area contributed by atoms with Gasteiger partial charge in [0.2, 0.25) is 0 Å². The van der Waals surface area contributed by atoms with Crippen molar-refractivity contribution < 1.29 is 0 Å². The van der Waals surface area contributed by atoms with Gasteiger partial charge in [-0.25, -0.2) is 4.68 Å². The number of benzene rings is 1. The van der Waals surface area contributed by atoms with Gasteiger partial charge in [0.1, 0.15) is 0 Å². The second-order valence-corrected chi connectivity index (χ2v) is 5.63. The number of rotatable bonds is 5. The van der Waals surface area contributed by atoms with Crippen molar-refractivity contribution in [3.8, 4) is 5.69 Å². The van der Waals surface area contributed by atoms with Crippen LogP contribution in [-0.2, 0) is 0 Å². The Kier molecular flexibility index (Phi) is 4.16. The highest BCUT2D eigenvalue weighted by atomic mass is 15.3. The Labute approximate surface area is 121 Å². The van der Waals surface area contributed by atoms with Gasteiger partial charge in [-0.2, -0.15) is 5.10 Å². The van der Waals surface area contributed by atoms with Crippen molar-refractivity contribution in [1.29, 1.82) is 0 Å². The van der Waals surface area contributed by atoms with Crippen molar-refractivity contribution in [2.75, 3.05) is 6.54 Å². The van der Waals surface area contributed by atoms with E-state index in [1.165, 1.54) is 31.2 Å². The number of nitrogens with one attached hydrogen (secondary N) is 1. The van der Waals surface area contributed by atoms with Gasteiger partial charge in [-0.05, 0) is 37.4 Å². The molecule has 20 heavy (non-hydrogen) atoms. The van der Waals surface area contributed by atoms with Crippen LogP contribution in [0.5, 0.6) is 0 Å². The Balaban J connectivity index is 1.83. The normalized spacial score (nSPS) is 17.4. The zero-order chi connectivity index (χ0) is 13.8. The quantitative estimate of drug-likeness (QED) is 0.896. The maximum atomic E-state index is 4.54. The molecule has 1 saturated carbocycles. The largest absolute Gasteiger partial charge is 0.310 e. The third-order valence-electron chi connectivity index (χ3n) is 4.28. The van der Waals surface area contributed by atoms with Crippen molar-refractivity contribution in [2.24, 2.45) is 5.92 Å². The Hall–Kier alpha value is -1.61. The zero-order valence-corrected chi connectivity index (χ0v) is 12.1. The van der Waals surface area contributed by atoms with Crippen LogP contribution in [-0.4, -0.2) is 16.3 Å². The minimum Gasteiger partial charge on any atom is -0.310 e. The van der Waals surface area contributed by atoms with Crippen LogP contribution < -0.4 is 5.32 Å². The Bertz CT molecular complexity index is 526. The van der Waals surface area contributed by atoms with Crippen LogP contribution in [0.2, 0.25) is 0 Å². The lowest BCUT2D eigenvalue weighted by Crippen LogP contribution is -2.26. The van der Waals surface area contributed by atoms with Crippen molar-refractivity contribution in [1.82, 2.24) is 15.1 Å². The molecule has 0 bridgehead atoms. The summed E-state index contributed by atoms with van der Waals surface area (Å²) in [5.74, 6) is 0.767. The SMILES string of the molecule is CCNC(c1cnn(-c2ccccc2)c1)C1CCCC1. The maximum Gasteiger partial charge on any atom is 0.0645 e. The Morgan fingerprint density at radius 1 is 1.25 bits per heavy atom. The molecule has 0 spiro atoms. The fourth-order valence-corrected chi connectivity index (χ4v) is 3.29. The molecule has 3 nitrogen and oxygen atoms in total. The molecule has 1 fully saturated rings. The minimum atomic E-state index is 0.458. The molecule has 106 valence electrons. The summed E-state index contributed by atoms with van der Waals surface area (Å²) in [4.78, 5) is 0. The standard InChI is InChI=1S/C17H23N3/c1-2-18-17(14-8-6-7-9-14)15-12-19-20(13-15)16-10-4-3-5-11-16/h3-5,10-14,17-18H,2,6-9H2,1H3. The van der Waals surface area contributed by atoms with Gasteiger partial charge in [-0.3, -0.25) is 0 Å². The van der Waals surface area contributed by atoms with E-state index in [9.17, 15) is 0 Å². The number of aromatic nitrogens is 2. The van der Waals surface area contributed by atoms with Gasteiger partial charge in [0.15, 0.2) is 0 Å². The highest BCUT2D eigenvalue weighted by Gasteiger charge is 2.26. The Morgan fingerprint density at radius 2 is 2.00 bits per heavy atom. The predicted octanol–water partition coefficient (Wildman–Crippen LogP) is 3.71. The van der Waals surface area contributed by atoms with Crippen molar-refractivity contribution in [2.45, 2.75) is 38.6 Å². The van der Waals surface area contributed by atoms with E-state index in [0.29, 0.717) is 6.04 Å². The number of hydrogen-bond acceptors (Lipinski definition) is 2. The maximum absolute atomic E-state index is 4.54. The molecule has 1 aliphatic rings. The summed E-state index contributed by atoms with van der Waals surface area (Å²) in [5, 5.41) is 8.19. The second-order valence-electron chi connectivity index (χ2n) is 5.63. The zero-order valence-electron chi connectivity index (χ0n) is 12.1. The fourth-order valence-electron chi connectivity index (χ4n) is 3.29. The molecule has 1 atom stereocenters. The average Bonchev–Trinajstić information content (AvgIpc) is 3.17. The van der Waals surface area contributed by atoms with Gasteiger partial charge in [0.25, 0.3) is 0 Å². The highest BCUT2D eigenvalue weighted by Crippen LogP contribution is 2.35. The second kappa shape index (κ2) is 6.23. The first-order valence-electron chi connectivity index (χ1n) is 7.72. The van der Waals surface area contributed by atoms with Crippen LogP contribution >= 0.6 is 0 Å². The van der Waals surface area contributed by atoms with Crippen LogP contribution in [0.4, 0.5) is 0 Å². The van der Waals surface area contributed by atoms with E-state index in [4.69, 9.17) is 0 Å². The molecule has 2 aromatic rings. The summed E-state index contributed by atoms with van der Waals surface area (Å²) in [5.41, 5.74) is 2.45. The molecule has 0 amide bonds. The molecule has 3 heteroatoms. The summed E-state index contributed by atoms with van der Waals surface area (Å²) in [6.45, 7) is 3.20. The van der Waals surface area contributed by atoms with Crippen LogP contribution in [0.25, 0.3) is 5.69 Å². The molecule has 1 heterocycles. The summed E-state index contributed by atoms with van der Waals surface area (Å²) >= 11 is 0. The summed E-state index contributed by atoms with van der Waals surface area (Å²) in [7, 11) is 0. The molecule has 0 saturated heterocycles. The van der Waals surface area contributed by atoms with Gasteiger partial charge in [0, 0.05) is 17.8 Å². The van der Waals surface area contributed by atoms with Gasteiger partial charge in [-0.1, -0.05) is 38.0 Å². The summed E-state index contributed by atoms with van der Waals surface area (Å²) < 4.78 is 1.98. The van der Waals surface area contributed by atoms with Crippen molar-refractivity contribution >= 4 is 0 Å². The summed E-state index contributed by atoms with van der Waals surface area (Å²) in [6, 6.07) is 10.8. The fraction of sp³-hybridized carbons (Fsp3) is 0.471. The van der Waals surface area contributed by atoms with Gasteiger partial charge in [-0.15, -0.1) is 0 Å².